The normalized spacial score (nSPS) is 20.3. The van der Waals surface area contributed by atoms with E-state index in [1.54, 1.807) is 0 Å². The highest BCUT2D eigenvalue weighted by Gasteiger charge is 2.38. The van der Waals surface area contributed by atoms with Gasteiger partial charge in [-0.15, -0.1) is 0 Å². The van der Waals surface area contributed by atoms with Crippen molar-refractivity contribution in [3.8, 4) is 0 Å². The van der Waals surface area contributed by atoms with Crippen molar-refractivity contribution in [3.63, 3.8) is 0 Å². The lowest BCUT2D eigenvalue weighted by Crippen LogP contribution is -2.36. The number of hydrogen-bond donors (Lipinski definition) is 1. The standard InChI is InChI=1S/C12H22O2/c1-3-10(4-2)9-11(13)12(14)7-5-6-8-12/h10,14H,3-9H2,1-2H3. The molecule has 1 rings (SSSR count). The van der Waals surface area contributed by atoms with E-state index >= 15 is 0 Å². The van der Waals surface area contributed by atoms with E-state index in [0.29, 0.717) is 25.2 Å². The van der Waals surface area contributed by atoms with Crippen LogP contribution >= 0.6 is 0 Å². The van der Waals surface area contributed by atoms with Crippen LogP contribution in [0.1, 0.15) is 58.8 Å². The summed E-state index contributed by atoms with van der Waals surface area (Å²) in [6.45, 7) is 4.22. The Labute approximate surface area is 86.7 Å². The summed E-state index contributed by atoms with van der Waals surface area (Å²) in [5.74, 6) is 0.552. The Balaban J connectivity index is 2.48. The van der Waals surface area contributed by atoms with E-state index in [2.05, 4.69) is 13.8 Å². The molecule has 0 aromatic rings. The van der Waals surface area contributed by atoms with Gasteiger partial charge in [0.25, 0.3) is 0 Å². The smallest absolute Gasteiger partial charge is 0.164 e. The number of ketones is 1. The van der Waals surface area contributed by atoms with Crippen molar-refractivity contribution in [3.05, 3.63) is 0 Å². The molecule has 0 aliphatic heterocycles. The fourth-order valence-corrected chi connectivity index (χ4v) is 2.27. The zero-order valence-corrected chi connectivity index (χ0v) is 9.38. The molecule has 0 amide bonds. The van der Waals surface area contributed by atoms with Crippen LogP contribution in [-0.2, 0) is 4.79 Å². The summed E-state index contributed by atoms with van der Waals surface area (Å²) < 4.78 is 0. The maximum atomic E-state index is 11.8. The predicted molar refractivity (Wildman–Crippen MR) is 57.1 cm³/mol. The van der Waals surface area contributed by atoms with Crippen molar-refractivity contribution >= 4 is 5.78 Å². The zero-order chi connectivity index (χ0) is 10.6. The largest absolute Gasteiger partial charge is 0.382 e. The first-order valence-electron chi connectivity index (χ1n) is 5.88. The highest BCUT2D eigenvalue weighted by molar-refractivity contribution is 5.87. The molecule has 0 radical (unpaired) electrons. The number of aliphatic hydroxyl groups is 1. The summed E-state index contributed by atoms with van der Waals surface area (Å²) >= 11 is 0. The summed E-state index contributed by atoms with van der Waals surface area (Å²) in [7, 11) is 0. The molecule has 2 nitrogen and oxygen atoms in total. The molecule has 2 heteroatoms. The van der Waals surface area contributed by atoms with E-state index in [9.17, 15) is 9.90 Å². The number of carbonyl (C=O) groups is 1. The first-order chi connectivity index (χ1) is 6.62. The van der Waals surface area contributed by atoms with Crippen LogP contribution in [0.2, 0.25) is 0 Å². The maximum absolute atomic E-state index is 11.8. The fraction of sp³-hybridized carbons (Fsp3) is 0.917. The average Bonchev–Trinajstić information content (AvgIpc) is 2.62. The van der Waals surface area contributed by atoms with Gasteiger partial charge in [-0.1, -0.05) is 26.7 Å². The Morgan fingerprint density at radius 2 is 1.79 bits per heavy atom. The minimum Gasteiger partial charge on any atom is -0.382 e. The second-order valence-electron chi connectivity index (χ2n) is 4.55. The molecule has 1 aliphatic rings. The Hall–Kier alpha value is -0.370. The molecule has 0 bridgehead atoms. The van der Waals surface area contributed by atoms with Gasteiger partial charge in [-0.05, 0) is 31.6 Å². The van der Waals surface area contributed by atoms with Crippen LogP contribution in [0.15, 0.2) is 0 Å². The molecule has 1 aliphatic carbocycles. The lowest BCUT2D eigenvalue weighted by atomic mass is 9.87. The van der Waals surface area contributed by atoms with Gasteiger partial charge in [-0.2, -0.15) is 0 Å². The Bertz CT molecular complexity index is 188. The molecule has 1 saturated carbocycles. The number of rotatable bonds is 5. The summed E-state index contributed by atoms with van der Waals surface area (Å²) in [4.78, 5) is 11.8. The lowest BCUT2D eigenvalue weighted by Gasteiger charge is -2.22. The highest BCUT2D eigenvalue weighted by atomic mass is 16.3. The van der Waals surface area contributed by atoms with Crippen molar-refractivity contribution in [2.75, 3.05) is 0 Å². The van der Waals surface area contributed by atoms with Gasteiger partial charge in [-0.3, -0.25) is 4.79 Å². The quantitative estimate of drug-likeness (QED) is 0.737. The SMILES string of the molecule is CCC(CC)CC(=O)C1(O)CCCC1. The maximum Gasteiger partial charge on any atom is 0.164 e. The molecule has 0 saturated heterocycles. The third-order valence-electron chi connectivity index (χ3n) is 3.58. The number of hydrogen-bond acceptors (Lipinski definition) is 2. The van der Waals surface area contributed by atoms with Gasteiger partial charge < -0.3 is 5.11 Å². The third kappa shape index (κ3) is 2.57. The van der Waals surface area contributed by atoms with Crippen molar-refractivity contribution in [1.82, 2.24) is 0 Å². The first kappa shape index (κ1) is 11.7. The summed E-state index contributed by atoms with van der Waals surface area (Å²) in [5, 5.41) is 10.1. The first-order valence-corrected chi connectivity index (χ1v) is 5.88. The monoisotopic (exact) mass is 198 g/mol. The number of Topliss-reactive ketones (excluding diaryl/α,β-unsaturated/α-hetero) is 1. The van der Waals surface area contributed by atoms with E-state index < -0.39 is 5.60 Å². The van der Waals surface area contributed by atoms with Crippen molar-refractivity contribution in [2.45, 2.75) is 64.4 Å². The molecule has 1 N–H and O–H groups in total. The van der Waals surface area contributed by atoms with Gasteiger partial charge in [0.1, 0.15) is 5.60 Å². The van der Waals surface area contributed by atoms with Gasteiger partial charge in [0.2, 0.25) is 0 Å². The van der Waals surface area contributed by atoms with Crippen LogP contribution < -0.4 is 0 Å². The van der Waals surface area contributed by atoms with Crippen molar-refractivity contribution < 1.29 is 9.90 Å². The predicted octanol–water partition coefficient (Wildman–Crippen LogP) is 2.69. The van der Waals surface area contributed by atoms with Crippen LogP contribution in [0.5, 0.6) is 0 Å². The molecule has 14 heavy (non-hydrogen) atoms. The van der Waals surface area contributed by atoms with Crippen LogP contribution in [0.3, 0.4) is 0 Å². The minimum absolute atomic E-state index is 0.0868. The van der Waals surface area contributed by atoms with Gasteiger partial charge in [0, 0.05) is 6.42 Å². The van der Waals surface area contributed by atoms with Gasteiger partial charge in [-0.25, -0.2) is 0 Å². The van der Waals surface area contributed by atoms with Crippen LogP contribution in [0.4, 0.5) is 0 Å². The van der Waals surface area contributed by atoms with Gasteiger partial charge >= 0.3 is 0 Å². The third-order valence-corrected chi connectivity index (χ3v) is 3.58. The van der Waals surface area contributed by atoms with E-state index in [-0.39, 0.29) is 5.78 Å². The minimum atomic E-state index is -0.956. The van der Waals surface area contributed by atoms with Gasteiger partial charge in [0.15, 0.2) is 5.78 Å². The molecule has 0 aromatic heterocycles. The molecule has 0 heterocycles. The Kier molecular flexibility index (Phi) is 4.11. The van der Waals surface area contributed by atoms with Gasteiger partial charge in [0.05, 0.1) is 0 Å². The van der Waals surface area contributed by atoms with Crippen molar-refractivity contribution in [2.24, 2.45) is 5.92 Å². The molecule has 0 atom stereocenters. The van der Waals surface area contributed by atoms with E-state index in [1.807, 2.05) is 0 Å². The topological polar surface area (TPSA) is 37.3 Å². The Morgan fingerprint density at radius 3 is 2.21 bits per heavy atom. The van der Waals surface area contributed by atoms with Crippen LogP contribution in [0.25, 0.3) is 0 Å². The summed E-state index contributed by atoms with van der Waals surface area (Å²) in [6, 6.07) is 0. The second kappa shape index (κ2) is 4.92. The summed E-state index contributed by atoms with van der Waals surface area (Å²) in [5.41, 5.74) is -0.956. The molecule has 0 aromatic carbocycles. The van der Waals surface area contributed by atoms with E-state index in [4.69, 9.17) is 0 Å². The molecular formula is C12H22O2. The van der Waals surface area contributed by atoms with Crippen LogP contribution in [-0.4, -0.2) is 16.5 Å². The summed E-state index contributed by atoms with van der Waals surface area (Å²) in [6.07, 6.45) is 6.04. The molecule has 1 fully saturated rings. The van der Waals surface area contributed by atoms with E-state index in [0.717, 1.165) is 25.7 Å². The average molecular weight is 198 g/mol. The lowest BCUT2D eigenvalue weighted by molar-refractivity contribution is -0.137. The van der Waals surface area contributed by atoms with E-state index in [1.165, 1.54) is 0 Å². The second-order valence-corrected chi connectivity index (χ2v) is 4.55. The highest BCUT2D eigenvalue weighted by Crippen LogP contribution is 2.32. The zero-order valence-electron chi connectivity index (χ0n) is 9.38. The van der Waals surface area contributed by atoms with Crippen molar-refractivity contribution in [1.29, 1.82) is 0 Å². The van der Waals surface area contributed by atoms with Crippen LogP contribution in [0, 0.1) is 5.92 Å². The molecule has 0 unspecified atom stereocenters. The molecule has 0 spiro atoms. The molecule has 82 valence electrons. The number of carbonyl (C=O) groups excluding carboxylic acids is 1. The molecular weight excluding hydrogens is 176 g/mol. The fourth-order valence-electron chi connectivity index (χ4n) is 2.27. The Morgan fingerprint density at radius 1 is 1.29 bits per heavy atom.